The lowest BCUT2D eigenvalue weighted by Crippen LogP contribution is -2.31. The van der Waals surface area contributed by atoms with E-state index >= 15 is 0 Å². The maximum absolute atomic E-state index is 12.2. The summed E-state index contributed by atoms with van der Waals surface area (Å²) in [5.74, 6) is -0.246. The highest BCUT2D eigenvalue weighted by Crippen LogP contribution is 2.30. The summed E-state index contributed by atoms with van der Waals surface area (Å²) in [4.78, 5) is 24.2. The lowest BCUT2D eigenvalue weighted by atomic mass is 9.97. The van der Waals surface area contributed by atoms with Crippen LogP contribution in [0.1, 0.15) is 5.56 Å². The Morgan fingerprint density at radius 3 is 2.78 bits per heavy atom. The van der Waals surface area contributed by atoms with Crippen LogP contribution in [0.3, 0.4) is 0 Å². The van der Waals surface area contributed by atoms with Crippen molar-refractivity contribution in [1.82, 2.24) is 0 Å². The van der Waals surface area contributed by atoms with Gasteiger partial charge in [0.2, 0.25) is 0 Å². The Labute approximate surface area is 166 Å². The fourth-order valence-corrected chi connectivity index (χ4v) is 3.16. The van der Waals surface area contributed by atoms with Gasteiger partial charge < -0.3 is 19.5 Å². The molecule has 8 heteroatoms. The number of benzene rings is 2. The zero-order valence-electron chi connectivity index (χ0n) is 14.5. The van der Waals surface area contributed by atoms with Gasteiger partial charge in [-0.15, -0.1) is 0 Å². The van der Waals surface area contributed by atoms with E-state index in [4.69, 9.17) is 37.4 Å². The maximum atomic E-state index is 12.2. The molecule has 1 atom stereocenters. The topological polar surface area (TPSA) is 73.9 Å². The smallest absolute Gasteiger partial charge is 0.313 e. The predicted molar refractivity (Wildman–Crippen MR) is 102 cm³/mol. The first-order chi connectivity index (χ1) is 13.0. The van der Waals surface area contributed by atoms with E-state index in [1.54, 1.807) is 36.4 Å². The Bertz CT molecular complexity index is 871. The van der Waals surface area contributed by atoms with E-state index in [9.17, 15) is 9.59 Å². The SMILES string of the molecule is COc1ccc(NC(=O)COC(=O)[C@H]2COc3ccc(Cl)cc3C2)cc1Cl. The van der Waals surface area contributed by atoms with Crippen molar-refractivity contribution in [2.75, 3.05) is 25.6 Å². The van der Waals surface area contributed by atoms with Gasteiger partial charge in [0.05, 0.1) is 18.1 Å². The van der Waals surface area contributed by atoms with Crippen molar-refractivity contribution < 1.29 is 23.8 Å². The van der Waals surface area contributed by atoms with Crippen LogP contribution in [0.4, 0.5) is 5.69 Å². The van der Waals surface area contributed by atoms with Crippen LogP contribution in [-0.2, 0) is 20.7 Å². The molecule has 142 valence electrons. The number of halogens is 2. The second-order valence-corrected chi connectivity index (χ2v) is 6.81. The van der Waals surface area contributed by atoms with Gasteiger partial charge in [-0.05, 0) is 48.4 Å². The monoisotopic (exact) mass is 409 g/mol. The van der Waals surface area contributed by atoms with Crippen molar-refractivity contribution in [3.63, 3.8) is 0 Å². The number of fused-ring (bicyclic) bond motifs is 1. The van der Waals surface area contributed by atoms with Crippen LogP contribution < -0.4 is 14.8 Å². The molecule has 2 aromatic carbocycles. The van der Waals surface area contributed by atoms with Gasteiger partial charge >= 0.3 is 5.97 Å². The Balaban J connectivity index is 1.52. The number of ether oxygens (including phenoxy) is 3. The molecule has 2 aromatic rings. The van der Waals surface area contributed by atoms with Crippen molar-refractivity contribution in [1.29, 1.82) is 0 Å². The van der Waals surface area contributed by atoms with E-state index in [1.165, 1.54) is 7.11 Å². The lowest BCUT2D eigenvalue weighted by molar-refractivity contribution is -0.152. The molecule has 1 amide bonds. The van der Waals surface area contributed by atoms with Crippen molar-refractivity contribution in [2.24, 2.45) is 5.92 Å². The third-order valence-electron chi connectivity index (χ3n) is 4.04. The highest BCUT2D eigenvalue weighted by Gasteiger charge is 2.28. The fraction of sp³-hybridized carbons (Fsp3) is 0.263. The van der Waals surface area contributed by atoms with Crippen LogP contribution in [-0.4, -0.2) is 32.2 Å². The van der Waals surface area contributed by atoms with Crippen molar-refractivity contribution >= 4 is 40.8 Å². The van der Waals surface area contributed by atoms with E-state index in [-0.39, 0.29) is 6.61 Å². The third kappa shape index (κ3) is 4.84. The molecule has 0 unspecified atom stereocenters. The van der Waals surface area contributed by atoms with Crippen molar-refractivity contribution in [2.45, 2.75) is 6.42 Å². The molecule has 0 aliphatic carbocycles. The highest BCUT2D eigenvalue weighted by atomic mass is 35.5. The van der Waals surface area contributed by atoms with Gasteiger partial charge in [-0.3, -0.25) is 9.59 Å². The molecule has 0 saturated carbocycles. The molecule has 0 spiro atoms. The summed E-state index contributed by atoms with van der Waals surface area (Å²) < 4.78 is 15.7. The maximum Gasteiger partial charge on any atom is 0.313 e. The molecule has 0 radical (unpaired) electrons. The first-order valence-electron chi connectivity index (χ1n) is 8.17. The summed E-state index contributed by atoms with van der Waals surface area (Å²) in [5.41, 5.74) is 1.32. The molecule has 0 bridgehead atoms. The summed E-state index contributed by atoms with van der Waals surface area (Å²) in [6.45, 7) is -0.204. The summed E-state index contributed by atoms with van der Waals surface area (Å²) in [5, 5.41) is 3.55. The summed E-state index contributed by atoms with van der Waals surface area (Å²) in [7, 11) is 1.50. The summed E-state index contributed by atoms with van der Waals surface area (Å²) in [6.07, 6.45) is 0.449. The first kappa shape index (κ1) is 19.3. The second-order valence-electron chi connectivity index (χ2n) is 5.97. The van der Waals surface area contributed by atoms with E-state index in [0.717, 1.165) is 5.56 Å². The molecule has 1 aliphatic heterocycles. The zero-order valence-corrected chi connectivity index (χ0v) is 16.0. The highest BCUT2D eigenvalue weighted by molar-refractivity contribution is 6.32. The predicted octanol–water partition coefficient (Wildman–Crippen LogP) is 3.74. The number of methoxy groups -OCH3 is 1. The quantitative estimate of drug-likeness (QED) is 0.761. The Kier molecular flexibility index (Phi) is 6.08. The minimum absolute atomic E-state index is 0.198. The van der Waals surface area contributed by atoms with Gasteiger partial charge in [-0.2, -0.15) is 0 Å². The Morgan fingerprint density at radius 2 is 2.04 bits per heavy atom. The van der Waals surface area contributed by atoms with E-state index in [1.807, 2.05) is 0 Å². The number of carbonyl (C=O) groups is 2. The summed E-state index contributed by atoms with van der Waals surface area (Å²) >= 11 is 12.0. The largest absolute Gasteiger partial charge is 0.495 e. The minimum Gasteiger partial charge on any atom is -0.495 e. The lowest BCUT2D eigenvalue weighted by Gasteiger charge is -2.24. The van der Waals surface area contributed by atoms with Gasteiger partial charge in [0.1, 0.15) is 18.1 Å². The molecule has 0 aromatic heterocycles. The van der Waals surface area contributed by atoms with Crippen LogP contribution in [0.25, 0.3) is 0 Å². The zero-order chi connectivity index (χ0) is 19.4. The number of nitrogens with one attached hydrogen (secondary N) is 1. The number of esters is 1. The summed E-state index contributed by atoms with van der Waals surface area (Å²) in [6, 6.07) is 10.1. The van der Waals surface area contributed by atoms with Gasteiger partial charge in [0.15, 0.2) is 6.61 Å². The number of carbonyl (C=O) groups excluding carboxylic acids is 2. The molecular formula is C19H17Cl2NO5. The van der Waals surface area contributed by atoms with Gasteiger partial charge in [-0.25, -0.2) is 0 Å². The third-order valence-corrected chi connectivity index (χ3v) is 4.57. The molecule has 0 fully saturated rings. The van der Waals surface area contributed by atoms with Crippen LogP contribution in [0.2, 0.25) is 10.0 Å². The van der Waals surface area contributed by atoms with Crippen LogP contribution in [0.15, 0.2) is 36.4 Å². The first-order valence-corrected chi connectivity index (χ1v) is 8.93. The number of hydrogen-bond donors (Lipinski definition) is 1. The second kappa shape index (κ2) is 8.50. The minimum atomic E-state index is -0.497. The fourth-order valence-electron chi connectivity index (χ4n) is 2.71. The van der Waals surface area contributed by atoms with Crippen LogP contribution in [0, 0.1) is 5.92 Å². The van der Waals surface area contributed by atoms with E-state index in [0.29, 0.717) is 33.7 Å². The number of amides is 1. The molecule has 6 nitrogen and oxygen atoms in total. The number of hydrogen-bond acceptors (Lipinski definition) is 5. The number of rotatable bonds is 5. The van der Waals surface area contributed by atoms with Gasteiger partial charge in [0, 0.05) is 10.7 Å². The molecule has 0 saturated heterocycles. The number of anilines is 1. The van der Waals surface area contributed by atoms with Crippen LogP contribution in [0.5, 0.6) is 11.5 Å². The van der Waals surface area contributed by atoms with Gasteiger partial charge in [-0.1, -0.05) is 23.2 Å². The molecular weight excluding hydrogens is 393 g/mol. The molecule has 27 heavy (non-hydrogen) atoms. The van der Waals surface area contributed by atoms with Crippen molar-refractivity contribution in [3.8, 4) is 11.5 Å². The average Bonchev–Trinajstić information content (AvgIpc) is 2.65. The molecule has 1 aliphatic rings. The standard InChI is InChI=1S/C19H17Cl2NO5/c1-25-17-5-3-14(8-15(17)21)22-18(23)10-27-19(24)12-6-11-7-13(20)2-4-16(11)26-9-12/h2-5,7-8,12H,6,9-10H2,1H3,(H,22,23)/t12-/m1/s1. The van der Waals surface area contributed by atoms with E-state index in [2.05, 4.69) is 5.32 Å². The molecule has 1 heterocycles. The molecule has 1 N–H and O–H groups in total. The van der Waals surface area contributed by atoms with Crippen molar-refractivity contribution in [3.05, 3.63) is 52.0 Å². The van der Waals surface area contributed by atoms with E-state index < -0.39 is 24.4 Å². The van der Waals surface area contributed by atoms with Gasteiger partial charge in [0.25, 0.3) is 5.91 Å². The average molecular weight is 410 g/mol. The Hall–Kier alpha value is -2.44. The van der Waals surface area contributed by atoms with Crippen LogP contribution >= 0.6 is 23.2 Å². The Morgan fingerprint density at radius 1 is 1.22 bits per heavy atom. The normalized spacial score (nSPS) is 15.3. The molecule has 3 rings (SSSR count).